The molecule has 0 saturated carbocycles. The fraction of sp³-hybridized carbons (Fsp3) is 0. The van der Waals surface area contributed by atoms with E-state index in [0.29, 0.717) is 10.0 Å². The largest absolute Gasteiger partial charge is 0.316 e. The highest BCUT2D eigenvalue weighted by molar-refractivity contribution is 6.41. The van der Waals surface area contributed by atoms with Crippen LogP contribution in [0.1, 0.15) is 0 Å². The first kappa shape index (κ1) is 9.57. The molecule has 9 heavy (non-hydrogen) atoms. The SMILES string of the molecule is Clc1c[c]ccc1Cl.[MgH2]. The Morgan fingerprint density at radius 2 is 1.89 bits per heavy atom. The molecule has 0 nitrogen and oxygen atoms in total. The molecule has 1 radical (unpaired) electrons. The van der Waals surface area contributed by atoms with Crippen LogP contribution < -0.4 is 0 Å². The van der Waals surface area contributed by atoms with Crippen LogP contribution in [0.15, 0.2) is 18.2 Å². The molecule has 0 aliphatic heterocycles. The van der Waals surface area contributed by atoms with Crippen LogP contribution in [0.5, 0.6) is 0 Å². The van der Waals surface area contributed by atoms with Crippen LogP contribution in [0.3, 0.4) is 0 Å². The summed E-state index contributed by atoms with van der Waals surface area (Å²) in [5.74, 6) is 0. The zero-order valence-electron chi connectivity index (χ0n) is 3.99. The molecule has 0 fully saturated rings. The van der Waals surface area contributed by atoms with Crippen LogP contribution in [0.2, 0.25) is 10.0 Å². The summed E-state index contributed by atoms with van der Waals surface area (Å²) in [6.45, 7) is 0. The van der Waals surface area contributed by atoms with Crippen LogP contribution in [-0.2, 0) is 0 Å². The van der Waals surface area contributed by atoms with E-state index in [0.717, 1.165) is 0 Å². The lowest BCUT2D eigenvalue weighted by molar-refractivity contribution is 1.69. The summed E-state index contributed by atoms with van der Waals surface area (Å²) in [4.78, 5) is 0. The van der Waals surface area contributed by atoms with E-state index in [1.165, 1.54) is 0 Å². The summed E-state index contributed by atoms with van der Waals surface area (Å²) in [7, 11) is 0. The van der Waals surface area contributed by atoms with Crippen molar-refractivity contribution in [1.29, 1.82) is 0 Å². The summed E-state index contributed by atoms with van der Waals surface area (Å²) in [5, 5.41) is 1.12. The van der Waals surface area contributed by atoms with Gasteiger partial charge in [0.05, 0.1) is 10.0 Å². The zero-order chi connectivity index (χ0) is 5.98. The third-order valence-electron chi connectivity index (χ3n) is 0.764. The molecule has 1 aromatic rings. The molecule has 1 rings (SSSR count). The second-order valence-electron chi connectivity index (χ2n) is 1.34. The molecule has 3 heteroatoms. The fourth-order valence-electron chi connectivity index (χ4n) is 0.391. The standard InChI is InChI=1S/C6H3Cl2.Mg.2H/c7-5-3-1-2-4-6(5)8;;;/h1,3-4H;;;. The van der Waals surface area contributed by atoms with E-state index in [1.54, 1.807) is 18.2 Å². The van der Waals surface area contributed by atoms with Gasteiger partial charge in [-0.25, -0.2) is 0 Å². The molecule has 0 unspecified atom stereocenters. The third kappa shape index (κ3) is 2.76. The van der Waals surface area contributed by atoms with Gasteiger partial charge in [0.25, 0.3) is 0 Å². The van der Waals surface area contributed by atoms with Gasteiger partial charge in [-0.3, -0.25) is 0 Å². The molecular formula is C6H5Cl2Mg. The first-order valence-corrected chi connectivity index (χ1v) is 2.87. The van der Waals surface area contributed by atoms with Gasteiger partial charge in [-0.15, -0.1) is 0 Å². The number of hydrogen-bond acceptors (Lipinski definition) is 0. The van der Waals surface area contributed by atoms with Gasteiger partial charge in [0.1, 0.15) is 0 Å². The van der Waals surface area contributed by atoms with E-state index in [9.17, 15) is 0 Å². The van der Waals surface area contributed by atoms with Gasteiger partial charge in [0.15, 0.2) is 0 Å². The van der Waals surface area contributed by atoms with Gasteiger partial charge in [0.2, 0.25) is 0 Å². The van der Waals surface area contributed by atoms with Crippen molar-refractivity contribution in [2.75, 3.05) is 0 Å². The monoisotopic (exact) mass is 171 g/mol. The molecule has 0 amide bonds. The molecule has 0 bridgehead atoms. The first-order chi connectivity index (χ1) is 3.80. The molecule has 0 atom stereocenters. The van der Waals surface area contributed by atoms with Crippen LogP contribution >= 0.6 is 23.2 Å². The average Bonchev–Trinajstić information content (AvgIpc) is 1.77. The molecule has 1 aromatic carbocycles. The second-order valence-corrected chi connectivity index (χ2v) is 2.15. The van der Waals surface area contributed by atoms with Gasteiger partial charge in [-0.1, -0.05) is 29.3 Å². The zero-order valence-corrected chi connectivity index (χ0v) is 5.50. The van der Waals surface area contributed by atoms with E-state index in [2.05, 4.69) is 6.07 Å². The van der Waals surface area contributed by atoms with Crippen molar-refractivity contribution in [3.8, 4) is 0 Å². The molecule has 0 spiro atoms. The summed E-state index contributed by atoms with van der Waals surface area (Å²) in [6.07, 6.45) is 0. The summed E-state index contributed by atoms with van der Waals surface area (Å²) >= 11 is 11.1. The molecular weight excluding hydrogens is 167 g/mol. The molecule has 0 saturated heterocycles. The van der Waals surface area contributed by atoms with E-state index in [1.807, 2.05) is 0 Å². The maximum absolute atomic E-state index is 5.56. The van der Waals surface area contributed by atoms with Crippen molar-refractivity contribution in [3.63, 3.8) is 0 Å². The normalized spacial score (nSPS) is 8.22. The predicted molar refractivity (Wildman–Crippen MR) is 43.8 cm³/mol. The third-order valence-corrected chi connectivity index (χ3v) is 1.50. The average molecular weight is 172 g/mol. The van der Waals surface area contributed by atoms with Gasteiger partial charge >= 0.3 is 23.1 Å². The summed E-state index contributed by atoms with van der Waals surface area (Å²) in [6, 6.07) is 7.83. The fourth-order valence-corrected chi connectivity index (χ4v) is 0.635. The highest BCUT2D eigenvalue weighted by Crippen LogP contribution is 2.18. The maximum Gasteiger partial charge on any atom is 0.316 e. The lowest BCUT2D eigenvalue weighted by Gasteiger charge is -1.87. The molecule has 0 heterocycles. The first-order valence-electron chi connectivity index (χ1n) is 2.12. The Balaban J connectivity index is 0.000000640. The minimum Gasteiger partial charge on any atom is -0.0827 e. The van der Waals surface area contributed by atoms with Gasteiger partial charge in [-0.05, 0) is 18.2 Å². The Kier molecular flexibility index (Phi) is 4.67. The second kappa shape index (κ2) is 4.39. The van der Waals surface area contributed by atoms with E-state index in [4.69, 9.17) is 23.2 Å². The van der Waals surface area contributed by atoms with Crippen molar-refractivity contribution < 1.29 is 0 Å². The van der Waals surface area contributed by atoms with Gasteiger partial charge < -0.3 is 0 Å². The Morgan fingerprint density at radius 3 is 2.22 bits per heavy atom. The number of halogens is 2. The van der Waals surface area contributed by atoms with Crippen LogP contribution in [0.4, 0.5) is 0 Å². The van der Waals surface area contributed by atoms with Crippen LogP contribution in [0.25, 0.3) is 0 Å². The van der Waals surface area contributed by atoms with E-state index < -0.39 is 0 Å². The minimum atomic E-state index is 0. The minimum absolute atomic E-state index is 0. The van der Waals surface area contributed by atoms with Crippen molar-refractivity contribution >= 4 is 46.3 Å². The Bertz CT molecular complexity index is 167. The van der Waals surface area contributed by atoms with Crippen molar-refractivity contribution in [2.24, 2.45) is 0 Å². The number of rotatable bonds is 0. The molecule has 0 aliphatic rings. The molecule has 45 valence electrons. The lowest BCUT2D eigenvalue weighted by atomic mass is 10.4. The van der Waals surface area contributed by atoms with Crippen molar-refractivity contribution in [1.82, 2.24) is 0 Å². The molecule has 0 aromatic heterocycles. The summed E-state index contributed by atoms with van der Waals surface area (Å²) in [5.41, 5.74) is 0. The van der Waals surface area contributed by atoms with Gasteiger partial charge in [0, 0.05) is 0 Å². The predicted octanol–water partition coefficient (Wildman–Crippen LogP) is 1.88. The lowest BCUT2D eigenvalue weighted by Crippen LogP contribution is -1.63. The van der Waals surface area contributed by atoms with E-state index >= 15 is 0 Å². The topological polar surface area (TPSA) is 0 Å². The number of benzene rings is 1. The highest BCUT2D eigenvalue weighted by atomic mass is 35.5. The Hall–Kier alpha value is 0.566. The highest BCUT2D eigenvalue weighted by Gasteiger charge is 1.89. The Labute approximate surface area is 80.3 Å². The molecule has 0 aliphatic carbocycles. The van der Waals surface area contributed by atoms with Crippen molar-refractivity contribution in [3.05, 3.63) is 34.3 Å². The van der Waals surface area contributed by atoms with Gasteiger partial charge in [-0.2, -0.15) is 0 Å². The summed E-state index contributed by atoms with van der Waals surface area (Å²) < 4.78 is 0. The van der Waals surface area contributed by atoms with Crippen LogP contribution in [-0.4, -0.2) is 23.1 Å². The van der Waals surface area contributed by atoms with E-state index in [-0.39, 0.29) is 23.1 Å². The van der Waals surface area contributed by atoms with Crippen LogP contribution in [0, 0.1) is 6.07 Å². The quantitative estimate of drug-likeness (QED) is 0.524. The smallest absolute Gasteiger partial charge is 0.0827 e. The number of hydrogen-bond donors (Lipinski definition) is 0. The Morgan fingerprint density at radius 1 is 1.22 bits per heavy atom. The maximum atomic E-state index is 5.56. The van der Waals surface area contributed by atoms with Crippen molar-refractivity contribution in [2.45, 2.75) is 0 Å². The molecule has 0 N–H and O–H groups in total.